The summed E-state index contributed by atoms with van der Waals surface area (Å²) >= 11 is 7.09. The van der Waals surface area contributed by atoms with Gasteiger partial charge in [0.25, 0.3) is 0 Å². The number of aromatic nitrogens is 2. The number of para-hydroxylation sites is 1. The molecule has 3 rings (SSSR count). The summed E-state index contributed by atoms with van der Waals surface area (Å²) in [6.07, 6.45) is 1.25. The van der Waals surface area contributed by atoms with Gasteiger partial charge in [0.2, 0.25) is 0 Å². The maximum Gasteiger partial charge on any atom is 0.364 e. The van der Waals surface area contributed by atoms with E-state index in [4.69, 9.17) is 16.3 Å². The molecule has 0 fully saturated rings. The van der Waals surface area contributed by atoms with Crippen molar-refractivity contribution in [3.8, 4) is 5.75 Å². The van der Waals surface area contributed by atoms with Crippen LogP contribution in [0.4, 0.5) is 8.78 Å². The molecule has 8 heteroatoms. The van der Waals surface area contributed by atoms with Gasteiger partial charge in [-0.2, -0.15) is 0 Å². The molecule has 4 nitrogen and oxygen atoms in total. The number of halogens is 3. The van der Waals surface area contributed by atoms with Crippen LogP contribution < -0.4 is 4.74 Å². The van der Waals surface area contributed by atoms with E-state index in [1.807, 2.05) is 0 Å². The topological polar surface area (TPSA) is 52.1 Å². The lowest BCUT2D eigenvalue weighted by Crippen LogP contribution is -2.13. The van der Waals surface area contributed by atoms with Gasteiger partial charge in [0.15, 0.2) is 22.4 Å². The summed E-state index contributed by atoms with van der Waals surface area (Å²) in [5.41, 5.74) is 0.285. The summed E-state index contributed by atoms with van der Waals surface area (Å²) in [5.74, 6) is -1.88. The molecule has 0 radical (unpaired) electrons. The Balaban J connectivity index is 1.76. The van der Waals surface area contributed by atoms with E-state index in [-0.39, 0.29) is 33.2 Å². The molecule has 0 spiro atoms. The first-order valence-electron chi connectivity index (χ1n) is 7.40. The lowest BCUT2D eigenvalue weighted by atomic mass is 10.2. The molecule has 1 heterocycles. The predicted octanol–water partition coefficient (Wildman–Crippen LogP) is 4.92. The van der Waals surface area contributed by atoms with Crippen LogP contribution in [0.1, 0.15) is 16.1 Å². The Bertz CT molecular complexity index is 956. The smallest absolute Gasteiger partial charge is 0.364 e. The van der Waals surface area contributed by atoms with E-state index >= 15 is 0 Å². The van der Waals surface area contributed by atoms with Crippen molar-refractivity contribution in [1.29, 1.82) is 0 Å². The predicted molar refractivity (Wildman–Crippen MR) is 94.4 cm³/mol. The second kappa shape index (κ2) is 8.25. The number of ether oxygens (including phenoxy) is 1. The van der Waals surface area contributed by atoms with Gasteiger partial charge in [-0.25, -0.2) is 23.5 Å². The van der Waals surface area contributed by atoms with Crippen molar-refractivity contribution in [3.05, 3.63) is 82.6 Å². The highest BCUT2D eigenvalue weighted by Crippen LogP contribution is 2.24. The summed E-state index contributed by atoms with van der Waals surface area (Å²) in [7, 11) is 0. The number of nitrogens with zero attached hydrogens (tertiary/aromatic N) is 2. The minimum atomic E-state index is -0.907. The number of carbonyl (C=O) groups excluding carboxylic acids is 1. The van der Waals surface area contributed by atoms with E-state index in [9.17, 15) is 13.6 Å². The molecule has 0 aliphatic carbocycles. The van der Waals surface area contributed by atoms with Crippen LogP contribution >= 0.6 is 23.4 Å². The number of thioether (sulfide) groups is 1. The molecule has 0 amide bonds. The summed E-state index contributed by atoms with van der Waals surface area (Å²) in [6.45, 7) is 0. The molecular weight excluding hydrogens is 382 g/mol. The third-order valence-corrected chi connectivity index (χ3v) is 4.46. The van der Waals surface area contributed by atoms with Crippen molar-refractivity contribution in [1.82, 2.24) is 9.97 Å². The van der Waals surface area contributed by atoms with Gasteiger partial charge < -0.3 is 4.74 Å². The average molecular weight is 393 g/mol. The van der Waals surface area contributed by atoms with E-state index in [2.05, 4.69) is 9.97 Å². The van der Waals surface area contributed by atoms with E-state index in [0.717, 1.165) is 11.8 Å². The van der Waals surface area contributed by atoms with E-state index in [1.54, 1.807) is 18.2 Å². The molecule has 3 aromatic rings. The average Bonchev–Trinajstić information content (AvgIpc) is 2.64. The minimum Gasteiger partial charge on any atom is -0.419 e. The van der Waals surface area contributed by atoms with Crippen molar-refractivity contribution >= 4 is 29.3 Å². The number of hydrogen-bond acceptors (Lipinski definition) is 5. The number of rotatable bonds is 5. The molecule has 0 saturated heterocycles. The number of esters is 1. The molecule has 0 saturated carbocycles. The highest BCUT2D eigenvalue weighted by Gasteiger charge is 2.18. The second-order valence-corrected chi connectivity index (χ2v) is 6.40. The summed E-state index contributed by atoms with van der Waals surface area (Å²) in [5, 5.41) is 0.194. The normalized spacial score (nSPS) is 10.6. The van der Waals surface area contributed by atoms with Gasteiger partial charge >= 0.3 is 5.97 Å². The molecule has 1 aromatic heterocycles. The highest BCUT2D eigenvalue weighted by atomic mass is 35.5. The maximum absolute atomic E-state index is 13.7. The van der Waals surface area contributed by atoms with E-state index in [1.165, 1.54) is 36.5 Å². The Labute approximate surface area is 157 Å². The van der Waals surface area contributed by atoms with Gasteiger partial charge in [0.05, 0.1) is 11.2 Å². The first-order valence-corrected chi connectivity index (χ1v) is 8.76. The fraction of sp³-hybridized carbons (Fsp3) is 0.0556. The summed E-state index contributed by atoms with van der Waals surface area (Å²) in [4.78, 5) is 20.3. The van der Waals surface area contributed by atoms with Gasteiger partial charge in [0.1, 0.15) is 5.82 Å². The van der Waals surface area contributed by atoms with Crippen molar-refractivity contribution in [2.24, 2.45) is 0 Å². The van der Waals surface area contributed by atoms with Crippen LogP contribution in [-0.4, -0.2) is 15.9 Å². The van der Waals surface area contributed by atoms with Crippen LogP contribution in [0, 0.1) is 11.6 Å². The van der Waals surface area contributed by atoms with Crippen LogP contribution in [-0.2, 0) is 5.75 Å². The quantitative estimate of drug-likeness (QED) is 0.267. The number of hydrogen-bond donors (Lipinski definition) is 0. The Kier molecular flexibility index (Phi) is 5.80. The minimum absolute atomic E-state index is 0.0263. The molecular formula is C18H11ClF2N2O2S. The van der Waals surface area contributed by atoms with Gasteiger partial charge in [-0.15, -0.1) is 0 Å². The van der Waals surface area contributed by atoms with Crippen LogP contribution in [0.3, 0.4) is 0 Å². The summed E-state index contributed by atoms with van der Waals surface area (Å²) < 4.78 is 32.3. The van der Waals surface area contributed by atoms with Gasteiger partial charge in [0, 0.05) is 5.75 Å². The molecule has 0 aliphatic rings. The molecule has 0 N–H and O–H groups in total. The Morgan fingerprint density at radius 1 is 1.08 bits per heavy atom. The Morgan fingerprint density at radius 3 is 2.50 bits per heavy atom. The fourth-order valence-electron chi connectivity index (χ4n) is 2.00. The van der Waals surface area contributed by atoms with Gasteiger partial charge in [-0.05, 0) is 23.8 Å². The monoisotopic (exact) mass is 392 g/mol. The molecule has 132 valence electrons. The van der Waals surface area contributed by atoms with Crippen LogP contribution in [0.15, 0.2) is 59.9 Å². The van der Waals surface area contributed by atoms with Crippen LogP contribution in [0.25, 0.3) is 0 Å². The number of benzene rings is 2. The molecule has 0 unspecified atom stereocenters. The standard InChI is InChI=1S/C18H11ClF2N2O2S/c19-12-9-22-18(26-10-11-5-1-2-6-13(11)20)23-16(12)17(24)25-15-8-4-3-7-14(15)21/h1-9H,10H2. The molecule has 0 bridgehead atoms. The Morgan fingerprint density at radius 2 is 1.77 bits per heavy atom. The molecule has 0 aliphatic heterocycles. The third-order valence-electron chi connectivity index (χ3n) is 3.27. The fourth-order valence-corrected chi connectivity index (χ4v) is 2.97. The molecule has 2 aromatic carbocycles. The van der Waals surface area contributed by atoms with Crippen molar-refractivity contribution in [3.63, 3.8) is 0 Å². The Hall–Kier alpha value is -2.51. The van der Waals surface area contributed by atoms with E-state index < -0.39 is 11.8 Å². The lowest BCUT2D eigenvalue weighted by Gasteiger charge is -2.07. The lowest BCUT2D eigenvalue weighted by molar-refractivity contribution is 0.0720. The van der Waals surface area contributed by atoms with E-state index in [0.29, 0.717) is 5.56 Å². The largest absolute Gasteiger partial charge is 0.419 e. The highest BCUT2D eigenvalue weighted by molar-refractivity contribution is 7.98. The van der Waals surface area contributed by atoms with Crippen molar-refractivity contribution in [2.75, 3.05) is 0 Å². The van der Waals surface area contributed by atoms with Crippen molar-refractivity contribution < 1.29 is 18.3 Å². The van der Waals surface area contributed by atoms with Crippen LogP contribution in [0.2, 0.25) is 5.02 Å². The maximum atomic E-state index is 13.7. The van der Waals surface area contributed by atoms with Crippen LogP contribution in [0.5, 0.6) is 5.75 Å². The van der Waals surface area contributed by atoms with Gasteiger partial charge in [-0.1, -0.05) is 53.7 Å². The zero-order valence-corrected chi connectivity index (χ0v) is 14.7. The zero-order valence-electron chi connectivity index (χ0n) is 13.2. The first-order chi connectivity index (χ1) is 12.5. The molecule has 0 atom stereocenters. The number of carbonyl (C=O) groups is 1. The SMILES string of the molecule is O=C(Oc1ccccc1F)c1nc(SCc2ccccc2F)ncc1Cl. The summed E-state index contributed by atoms with van der Waals surface area (Å²) in [6, 6.07) is 11.8. The zero-order chi connectivity index (χ0) is 18.5. The second-order valence-electron chi connectivity index (χ2n) is 5.05. The first kappa shape index (κ1) is 18.3. The molecule has 26 heavy (non-hydrogen) atoms. The third kappa shape index (κ3) is 4.36. The van der Waals surface area contributed by atoms with Gasteiger partial charge in [-0.3, -0.25) is 0 Å². The van der Waals surface area contributed by atoms with Crippen molar-refractivity contribution in [2.45, 2.75) is 10.9 Å².